The molecule has 0 amide bonds. The lowest BCUT2D eigenvalue weighted by atomic mass is 9.99. The molecule has 3 rings (SSSR count). The zero-order valence-electron chi connectivity index (χ0n) is 11.7. The zero-order valence-corrected chi connectivity index (χ0v) is 11.7. The van der Waals surface area contributed by atoms with Gasteiger partial charge >= 0.3 is 0 Å². The van der Waals surface area contributed by atoms with Crippen molar-refractivity contribution in [2.75, 3.05) is 0 Å². The summed E-state index contributed by atoms with van der Waals surface area (Å²) >= 11 is 0. The standard InChI is InChI=1S/C16H19FN2O/c1-11-2-3-12(17)8-15(11)20-14-6-7-16(9-14,10-18)19-13-4-5-13/h2-3,8,13-14,19H,4-7,9H2,1H3. The van der Waals surface area contributed by atoms with Gasteiger partial charge in [-0.1, -0.05) is 6.07 Å². The highest BCUT2D eigenvalue weighted by molar-refractivity contribution is 5.33. The topological polar surface area (TPSA) is 45.0 Å². The molecule has 0 radical (unpaired) electrons. The molecule has 0 aliphatic heterocycles. The van der Waals surface area contributed by atoms with Crippen molar-refractivity contribution in [3.8, 4) is 11.8 Å². The first-order chi connectivity index (χ1) is 9.60. The van der Waals surface area contributed by atoms with E-state index in [2.05, 4.69) is 11.4 Å². The Morgan fingerprint density at radius 1 is 1.40 bits per heavy atom. The molecule has 106 valence electrons. The van der Waals surface area contributed by atoms with Gasteiger partial charge in [0.2, 0.25) is 0 Å². The molecular weight excluding hydrogens is 255 g/mol. The van der Waals surface area contributed by atoms with Crippen LogP contribution in [0.3, 0.4) is 0 Å². The predicted molar refractivity (Wildman–Crippen MR) is 73.9 cm³/mol. The van der Waals surface area contributed by atoms with Crippen molar-refractivity contribution >= 4 is 0 Å². The number of hydrogen-bond donors (Lipinski definition) is 1. The number of benzene rings is 1. The summed E-state index contributed by atoms with van der Waals surface area (Å²) < 4.78 is 19.2. The van der Waals surface area contributed by atoms with Gasteiger partial charge in [0.1, 0.15) is 23.2 Å². The molecular formula is C16H19FN2O. The predicted octanol–water partition coefficient (Wildman–Crippen LogP) is 3.08. The zero-order chi connectivity index (χ0) is 14.2. The number of nitriles is 1. The molecule has 2 atom stereocenters. The third-order valence-electron chi connectivity index (χ3n) is 4.18. The highest BCUT2D eigenvalue weighted by Crippen LogP contribution is 2.36. The van der Waals surface area contributed by atoms with Crippen LogP contribution in [0.5, 0.6) is 5.75 Å². The molecule has 1 aromatic carbocycles. The lowest BCUT2D eigenvalue weighted by Gasteiger charge is -2.23. The first-order valence-electron chi connectivity index (χ1n) is 7.22. The highest BCUT2D eigenvalue weighted by atomic mass is 19.1. The van der Waals surface area contributed by atoms with E-state index >= 15 is 0 Å². The van der Waals surface area contributed by atoms with Crippen LogP contribution in [0.4, 0.5) is 4.39 Å². The van der Waals surface area contributed by atoms with Gasteiger partial charge in [0.25, 0.3) is 0 Å². The Labute approximate surface area is 118 Å². The second-order valence-corrected chi connectivity index (χ2v) is 6.00. The van der Waals surface area contributed by atoms with Crippen LogP contribution in [0.2, 0.25) is 0 Å². The minimum Gasteiger partial charge on any atom is -0.490 e. The molecule has 20 heavy (non-hydrogen) atoms. The summed E-state index contributed by atoms with van der Waals surface area (Å²) in [5.41, 5.74) is 0.476. The van der Waals surface area contributed by atoms with Gasteiger partial charge in [-0.05, 0) is 44.2 Å². The van der Waals surface area contributed by atoms with E-state index in [0.29, 0.717) is 18.2 Å². The second-order valence-electron chi connectivity index (χ2n) is 6.00. The lowest BCUT2D eigenvalue weighted by Crippen LogP contribution is -2.43. The quantitative estimate of drug-likeness (QED) is 0.917. The molecule has 0 spiro atoms. The van der Waals surface area contributed by atoms with Gasteiger partial charge in [0, 0.05) is 18.5 Å². The van der Waals surface area contributed by atoms with Gasteiger partial charge < -0.3 is 4.74 Å². The van der Waals surface area contributed by atoms with Crippen molar-refractivity contribution in [3.05, 3.63) is 29.6 Å². The van der Waals surface area contributed by atoms with Crippen molar-refractivity contribution < 1.29 is 9.13 Å². The van der Waals surface area contributed by atoms with E-state index in [0.717, 1.165) is 31.2 Å². The van der Waals surface area contributed by atoms with E-state index < -0.39 is 5.54 Å². The van der Waals surface area contributed by atoms with Gasteiger partial charge in [0.15, 0.2) is 0 Å². The third-order valence-corrected chi connectivity index (χ3v) is 4.18. The van der Waals surface area contributed by atoms with E-state index in [1.807, 2.05) is 6.92 Å². The van der Waals surface area contributed by atoms with E-state index in [1.165, 1.54) is 12.1 Å². The van der Waals surface area contributed by atoms with Crippen LogP contribution in [0.1, 0.15) is 37.7 Å². The van der Waals surface area contributed by atoms with E-state index in [1.54, 1.807) is 6.07 Å². The van der Waals surface area contributed by atoms with E-state index in [4.69, 9.17) is 4.74 Å². The highest BCUT2D eigenvalue weighted by Gasteiger charge is 2.43. The SMILES string of the molecule is Cc1ccc(F)cc1OC1CCC(C#N)(NC2CC2)C1. The Hall–Kier alpha value is -1.60. The average molecular weight is 274 g/mol. The molecule has 2 saturated carbocycles. The van der Waals surface area contributed by atoms with Crippen LogP contribution in [-0.2, 0) is 0 Å². The summed E-state index contributed by atoms with van der Waals surface area (Å²) in [7, 11) is 0. The first kappa shape index (κ1) is 13.4. The first-order valence-corrected chi connectivity index (χ1v) is 7.22. The average Bonchev–Trinajstić information content (AvgIpc) is 3.14. The summed E-state index contributed by atoms with van der Waals surface area (Å²) in [6, 6.07) is 7.51. The van der Waals surface area contributed by atoms with E-state index in [9.17, 15) is 9.65 Å². The molecule has 3 nitrogen and oxygen atoms in total. The minimum atomic E-state index is -0.451. The summed E-state index contributed by atoms with van der Waals surface area (Å²) in [6.45, 7) is 1.91. The maximum absolute atomic E-state index is 13.3. The van der Waals surface area contributed by atoms with E-state index in [-0.39, 0.29) is 11.9 Å². The molecule has 4 heteroatoms. The molecule has 0 heterocycles. The van der Waals surface area contributed by atoms with Crippen molar-refractivity contribution in [1.29, 1.82) is 5.26 Å². The molecule has 1 N–H and O–H groups in total. The maximum Gasteiger partial charge on any atom is 0.126 e. The summed E-state index contributed by atoms with van der Waals surface area (Å²) in [5.74, 6) is 0.307. The van der Waals surface area contributed by atoms with Crippen LogP contribution < -0.4 is 10.1 Å². The number of halogens is 1. The molecule has 2 aliphatic carbocycles. The fourth-order valence-electron chi connectivity index (χ4n) is 2.86. The van der Waals surface area contributed by atoms with Gasteiger partial charge in [-0.15, -0.1) is 0 Å². The van der Waals surface area contributed by atoms with Gasteiger partial charge in [-0.3, -0.25) is 5.32 Å². The molecule has 0 aromatic heterocycles. The largest absolute Gasteiger partial charge is 0.490 e. The molecule has 1 aromatic rings. The normalized spacial score (nSPS) is 29.1. The van der Waals surface area contributed by atoms with Crippen molar-refractivity contribution in [3.63, 3.8) is 0 Å². The van der Waals surface area contributed by atoms with Gasteiger partial charge in [-0.2, -0.15) is 5.26 Å². The van der Waals surface area contributed by atoms with Gasteiger partial charge in [0.05, 0.1) is 6.07 Å². The Balaban J connectivity index is 1.67. The fourth-order valence-corrected chi connectivity index (χ4v) is 2.86. The number of rotatable bonds is 4. The van der Waals surface area contributed by atoms with Crippen LogP contribution in [0, 0.1) is 24.1 Å². The lowest BCUT2D eigenvalue weighted by molar-refractivity contribution is 0.198. The third kappa shape index (κ3) is 2.78. The molecule has 0 saturated heterocycles. The summed E-state index contributed by atoms with van der Waals surface area (Å²) in [5, 5.41) is 12.9. The summed E-state index contributed by atoms with van der Waals surface area (Å²) in [6.07, 6.45) is 4.63. The number of nitrogens with zero attached hydrogens (tertiary/aromatic N) is 1. The van der Waals surface area contributed by atoms with Crippen LogP contribution in [0.25, 0.3) is 0 Å². The van der Waals surface area contributed by atoms with Crippen molar-refractivity contribution in [2.45, 2.75) is 56.7 Å². The Kier molecular flexibility index (Phi) is 3.39. The molecule has 2 aliphatic rings. The Morgan fingerprint density at radius 2 is 2.20 bits per heavy atom. The Morgan fingerprint density at radius 3 is 2.90 bits per heavy atom. The Bertz CT molecular complexity index is 550. The maximum atomic E-state index is 13.3. The smallest absolute Gasteiger partial charge is 0.126 e. The van der Waals surface area contributed by atoms with Crippen molar-refractivity contribution in [1.82, 2.24) is 5.32 Å². The van der Waals surface area contributed by atoms with Gasteiger partial charge in [-0.25, -0.2) is 4.39 Å². The monoisotopic (exact) mass is 274 g/mol. The number of nitrogens with one attached hydrogen (secondary N) is 1. The molecule has 0 bridgehead atoms. The van der Waals surface area contributed by atoms with Crippen LogP contribution in [0.15, 0.2) is 18.2 Å². The van der Waals surface area contributed by atoms with Crippen molar-refractivity contribution in [2.24, 2.45) is 0 Å². The second kappa shape index (κ2) is 5.06. The summed E-state index contributed by atoms with van der Waals surface area (Å²) in [4.78, 5) is 0. The number of ether oxygens (including phenoxy) is 1. The molecule has 2 unspecified atom stereocenters. The number of hydrogen-bond acceptors (Lipinski definition) is 3. The molecule has 2 fully saturated rings. The minimum absolute atomic E-state index is 0.0126. The fraction of sp³-hybridized carbons (Fsp3) is 0.562. The van der Waals surface area contributed by atoms with Crippen LogP contribution in [-0.4, -0.2) is 17.7 Å². The number of aryl methyl sites for hydroxylation is 1. The van der Waals surface area contributed by atoms with Crippen LogP contribution >= 0.6 is 0 Å².